The first-order valence-electron chi connectivity index (χ1n) is 6.45. The van der Waals surface area contributed by atoms with Crippen molar-refractivity contribution in [1.29, 1.82) is 0 Å². The van der Waals surface area contributed by atoms with Gasteiger partial charge in [0.2, 0.25) is 0 Å². The Bertz CT molecular complexity index is 545. The summed E-state index contributed by atoms with van der Waals surface area (Å²) in [6.07, 6.45) is 0. The molecule has 8 nitrogen and oxygen atoms in total. The molecule has 0 aliphatic rings. The first-order chi connectivity index (χ1) is 9.99. The highest BCUT2D eigenvalue weighted by molar-refractivity contribution is 5.96. The minimum absolute atomic E-state index is 0.0943. The van der Waals surface area contributed by atoms with Gasteiger partial charge in [-0.05, 0) is 26.0 Å². The fraction of sp³-hybridized carbons (Fsp3) is 0.385. The average molecular weight is 295 g/mol. The summed E-state index contributed by atoms with van der Waals surface area (Å²) in [5, 5.41) is 16.2. The van der Waals surface area contributed by atoms with Gasteiger partial charge in [-0.2, -0.15) is 0 Å². The van der Waals surface area contributed by atoms with Crippen molar-refractivity contribution in [2.45, 2.75) is 13.8 Å². The molecule has 0 unspecified atom stereocenters. The van der Waals surface area contributed by atoms with Crippen LogP contribution >= 0.6 is 0 Å². The van der Waals surface area contributed by atoms with E-state index in [-0.39, 0.29) is 36.0 Å². The first kappa shape index (κ1) is 16.4. The van der Waals surface area contributed by atoms with E-state index in [1.807, 2.05) is 0 Å². The predicted molar refractivity (Wildman–Crippen MR) is 76.2 cm³/mol. The van der Waals surface area contributed by atoms with Crippen LogP contribution in [0.2, 0.25) is 0 Å². The molecule has 2 N–H and O–H groups in total. The van der Waals surface area contributed by atoms with E-state index in [1.165, 1.54) is 18.2 Å². The van der Waals surface area contributed by atoms with Gasteiger partial charge in [-0.3, -0.25) is 19.7 Å². The Hall–Kier alpha value is -2.64. The number of carbonyl (C=O) groups is 2. The van der Waals surface area contributed by atoms with Crippen LogP contribution in [0.25, 0.3) is 0 Å². The molecule has 0 spiro atoms. The minimum atomic E-state index is -0.588. The van der Waals surface area contributed by atoms with Crippen molar-refractivity contribution in [3.63, 3.8) is 0 Å². The average Bonchev–Trinajstić information content (AvgIpc) is 2.45. The lowest BCUT2D eigenvalue weighted by Crippen LogP contribution is -2.23. The second-order valence-corrected chi connectivity index (χ2v) is 4.01. The van der Waals surface area contributed by atoms with Gasteiger partial charge in [0.25, 0.3) is 11.6 Å². The Balaban J connectivity index is 2.96. The van der Waals surface area contributed by atoms with E-state index in [1.54, 1.807) is 13.8 Å². The van der Waals surface area contributed by atoms with Crippen LogP contribution in [0, 0.1) is 10.1 Å². The number of carbonyl (C=O) groups excluding carboxylic acids is 2. The summed E-state index contributed by atoms with van der Waals surface area (Å²) in [7, 11) is 0. The van der Waals surface area contributed by atoms with Gasteiger partial charge in [-0.15, -0.1) is 0 Å². The molecule has 8 heteroatoms. The molecule has 1 aromatic rings. The maximum Gasteiger partial charge on any atom is 0.325 e. The van der Waals surface area contributed by atoms with Gasteiger partial charge in [0.05, 0.1) is 11.5 Å². The highest BCUT2D eigenvalue weighted by Gasteiger charge is 2.17. The third kappa shape index (κ3) is 4.75. The van der Waals surface area contributed by atoms with Gasteiger partial charge in [-0.25, -0.2) is 0 Å². The third-order valence-corrected chi connectivity index (χ3v) is 2.52. The lowest BCUT2D eigenvalue weighted by atomic mass is 10.1. The van der Waals surface area contributed by atoms with E-state index in [0.29, 0.717) is 6.54 Å². The number of amides is 1. The van der Waals surface area contributed by atoms with Crippen LogP contribution in [0.5, 0.6) is 0 Å². The van der Waals surface area contributed by atoms with Crippen LogP contribution in [0.3, 0.4) is 0 Å². The third-order valence-electron chi connectivity index (χ3n) is 2.52. The van der Waals surface area contributed by atoms with Gasteiger partial charge >= 0.3 is 5.97 Å². The number of esters is 1. The highest BCUT2D eigenvalue weighted by atomic mass is 16.6. The van der Waals surface area contributed by atoms with Crippen LogP contribution in [0.15, 0.2) is 18.2 Å². The molecule has 0 heterocycles. The molecule has 0 radical (unpaired) electrons. The lowest BCUT2D eigenvalue weighted by Gasteiger charge is -2.09. The number of nitro groups is 1. The lowest BCUT2D eigenvalue weighted by molar-refractivity contribution is -0.384. The van der Waals surface area contributed by atoms with Crippen molar-refractivity contribution in [2.24, 2.45) is 0 Å². The highest BCUT2D eigenvalue weighted by Crippen LogP contribution is 2.25. The van der Waals surface area contributed by atoms with Crippen molar-refractivity contribution in [1.82, 2.24) is 5.32 Å². The van der Waals surface area contributed by atoms with Crippen molar-refractivity contribution in [3.8, 4) is 0 Å². The number of anilines is 1. The van der Waals surface area contributed by atoms with Crippen molar-refractivity contribution in [2.75, 3.05) is 25.0 Å². The molecule has 0 aromatic heterocycles. The van der Waals surface area contributed by atoms with Crippen LogP contribution in [-0.2, 0) is 9.53 Å². The van der Waals surface area contributed by atoms with Crippen molar-refractivity contribution < 1.29 is 19.2 Å². The van der Waals surface area contributed by atoms with E-state index in [9.17, 15) is 19.7 Å². The predicted octanol–water partition coefficient (Wildman–Crippen LogP) is 1.32. The van der Waals surface area contributed by atoms with Gasteiger partial charge < -0.3 is 15.4 Å². The molecule has 1 aromatic carbocycles. The zero-order valence-corrected chi connectivity index (χ0v) is 11.8. The van der Waals surface area contributed by atoms with Crippen LogP contribution < -0.4 is 10.6 Å². The first-order valence-corrected chi connectivity index (χ1v) is 6.45. The molecule has 0 aliphatic carbocycles. The number of rotatable bonds is 7. The fourth-order valence-electron chi connectivity index (χ4n) is 1.62. The van der Waals surface area contributed by atoms with Gasteiger partial charge in [-0.1, -0.05) is 0 Å². The van der Waals surface area contributed by atoms with E-state index in [4.69, 9.17) is 4.74 Å². The minimum Gasteiger partial charge on any atom is -0.465 e. The topological polar surface area (TPSA) is 111 Å². The monoisotopic (exact) mass is 295 g/mol. The normalized spacial score (nSPS) is 9.81. The summed E-state index contributed by atoms with van der Waals surface area (Å²) < 4.78 is 4.73. The number of nitro benzene ring substituents is 1. The molecular weight excluding hydrogens is 278 g/mol. The molecule has 0 saturated carbocycles. The summed E-state index contributed by atoms with van der Waals surface area (Å²) in [5.74, 6) is -0.873. The van der Waals surface area contributed by atoms with Crippen molar-refractivity contribution in [3.05, 3.63) is 33.9 Å². The summed E-state index contributed by atoms with van der Waals surface area (Å²) in [4.78, 5) is 33.4. The number of hydrogen-bond acceptors (Lipinski definition) is 6. The SMILES string of the molecule is CCNC(=O)c1ccc([N+](=O)[O-])c(NCC(=O)OCC)c1. The Kier molecular flexibility index (Phi) is 6.12. The van der Waals surface area contributed by atoms with E-state index >= 15 is 0 Å². The molecule has 0 fully saturated rings. The Morgan fingerprint density at radius 3 is 2.62 bits per heavy atom. The van der Waals surface area contributed by atoms with Crippen LogP contribution in [0.1, 0.15) is 24.2 Å². The Labute approximate surface area is 121 Å². The van der Waals surface area contributed by atoms with Crippen LogP contribution in [-0.4, -0.2) is 36.5 Å². The van der Waals surface area contributed by atoms with Crippen LogP contribution in [0.4, 0.5) is 11.4 Å². The maximum absolute atomic E-state index is 11.7. The fourth-order valence-corrected chi connectivity index (χ4v) is 1.62. The molecule has 0 atom stereocenters. The second-order valence-electron chi connectivity index (χ2n) is 4.01. The number of benzene rings is 1. The standard InChI is InChI=1S/C13H17N3O5/c1-3-14-13(18)9-5-6-11(16(19)20)10(7-9)15-8-12(17)21-4-2/h5-7,15H,3-4,8H2,1-2H3,(H,14,18). The summed E-state index contributed by atoms with van der Waals surface area (Å²) in [6.45, 7) is 3.88. The number of nitrogens with zero attached hydrogens (tertiary/aromatic N) is 1. The van der Waals surface area contributed by atoms with Gasteiger partial charge in [0, 0.05) is 18.2 Å². The Morgan fingerprint density at radius 2 is 2.05 bits per heavy atom. The molecular formula is C13H17N3O5. The zero-order chi connectivity index (χ0) is 15.8. The van der Waals surface area contributed by atoms with Gasteiger partial charge in [0.15, 0.2) is 0 Å². The maximum atomic E-state index is 11.7. The van der Waals surface area contributed by atoms with Gasteiger partial charge in [0.1, 0.15) is 12.2 Å². The Morgan fingerprint density at radius 1 is 1.33 bits per heavy atom. The summed E-state index contributed by atoms with van der Waals surface area (Å²) in [5.41, 5.74) is 0.151. The smallest absolute Gasteiger partial charge is 0.325 e. The molecule has 0 bridgehead atoms. The number of hydrogen-bond donors (Lipinski definition) is 2. The number of ether oxygens (including phenoxy) is 1. The van der Waals surface area contributed by atoms with Crippen molar-refractivity contribution >= 4 is 23.3 Å². The van der Waals surface area contributed by atoms with E-state index in [0.717, 1.165) is 0 Å². The second kappa shape index (κ2) is 7.83. The van der Waals surface area contributed by atoms with E-state index < -0.39 is 10.9 Å². The summed E-state index contributed by atoms with van der Waals surface area (Å²) in [6, 6.07) is 3.92. The summed E-state index contributed by atoms with van der Waals surface area (Å²) >= 11 is 0. The molecule has 21 heavy (non-hydrogen) atoms. The molecule has 0 saturated heterocycles. The largest absolute Gasteiger partial charge is 0.465 e. The molecule has 0 aliphatic heterocycles. The molecule has 1 rings (SSSR count). The molecule has 1 amide bonds. The zero-order valence-electron chi connectivity index (χ0n) is 11.8. The quantitative estimate of drug-likeness (QED) is 0.446. The van der Waals surface area contributed by atoms with E-state index in [2.05, 4.69) is 10.6 Å². The molecule has 114 valence electrons. The number of nitrogens with one attached hydrogen (secondary N) is 2.